The fourth-order valence-electron chi connectivity index (χ4n) is 2.51. The lowest BCUT2D eigenvalue weighted by molar-refractivity contribution is 0.692. The van der Waals surface area contributed by atoms with Gasteiger partial charge < -0.3 is 10.2 Å². The zero-order valence-corrected chi connectivity index (χ0v) is 13.9. The van der Waals surface area contributed by atoms with Crippen LogP contribution in [0.25, 0.3) is 0 Å². The van der Waals surface area contributed by atoms with Gasteiger partial charge in [-0.05, 0) is 38.0 Å². The van der Waals surface area contributed by atoms with Crippen LogP contribution < -0.4 is 10.2 Å². The number of rotatable bonds is 10. The van der Waals surface area contributed by atoms with Gasteiger partial charge in [0.15, 0.2) is 0 Å². The number of anilines is 2. The predicted molar refractivity (Wildman–Crippen MR) is 90.0 cm³/mol. The molecule has 118 valence electrons. The fraction of sp³-hybridized carbons (Fsp3) is 0.765. The van der Waals surface area contributed by atoms with Crippen LogP contribution in [0.5, 0.6) is 0 Å². The van der Waals surface area contributed by atoms with Gasteiger partial charge in [0.05, 0.1) is 0 Å². The molecule has 0 unspecified atom stereocenters. The smallest absolute Gasteiger partial charge is 0.134 e. The first kappa shape index (κ1) is 16.1. The molecule has 1 aromatic rings. The summed E-state index contributed by atoms with van der Waals surface area (Å²) in [5.41, 5.74) is 0. The van der Waals surface area contributed by atoms with Crippen LogP contribution in [0.4, 0.5) is 11.6 Å². The van der Waals surface area contributed by atoms with Gasteiger partial charge in [0, 0.05) is 32.1 Å². The third kappa shape index (κ3) is 5.18. The molecular weight excluding hydrogens is 260 g/mol. The zero-order chi connectivity index (χ0) is 15.1. The molecule has 1 N–H and O–H groups in total. The molecule has 2 rings (SSSR count). The van der Waals surface area contributed by atoms with Gasteiger partial charge in [0.2, 0.25) is 0 Å². The summed E-state index contributed by atoms with van der Waals surface area (Å²) in [6.07, 6.45) is 7.09. The Bertz CT molecular complexity index is 429. The first-order valence-corrected chi connectivity index (χ1v) is 8.63. The third-order valence-electron chi connectivity index (χ3n) is 3.78. The second-order valence-electron chi connectivity index (χ2n) is 6.09. The highest BCUT2D eigenvalue weighted by molar-refractivity contribution is 5.49. The standard InChI is InChI=1S/C17H30N4/c1-4-7-15-19-16(18-10-5-2)12-17(20-15)21(11-6-3)13-14-8-9-14/h12,14H,4-11,13H2,1-3H3,(H,18,19,20). The van der Waals surface area contributed by atoms with Gasteiger partial charge in [-0.1, -0.05) is 20.8 Å². The lowest BCUT2D eigenvalue weighted by Crippen LogP contribution is -2.28. The maximum Gasteiger partial charge on any atom is 0.134 e. The molecule has 0 bridgehead atoms. The van der Waals surface area contributed by atoms with Gasteiger partial charge in [-0.2, -0.15) is 0 Å². The molecule has 0 radical (unpaired) electrons. The number of nitrogens with zero attached hydrogens (tertiary/aromatic N) is 3. The van der Waals surface area contributed by atoms with E-state index < -0.39 is 0 Å². The normalized spacial score (nSPS) is 14.2. The van der Waals surface area contributed by atoms with Crippen LogP contribution >= 0.6 is 0 Å². The Labute approximate surface area is 129 Å². The van der Waals surface area contributed by atoms with Crippen molar-refractivity contribution in [3.8, 4) is 0 Å². The van der Waals surface area contributed by atoms with Crippen molar-refractivity contribution in [1.29, 1.82) is 0 Å². The van der Waals surface area contributed by atoms with Crippen molar-refractivity contribution in [1.82, 2.24) is 9.97 Å². The summed E-state index contributed by atoms with van der Waals surface area (Å²) >= 11 is 0. The maximum absolute atomic E-state index is 4.81. The molecule has 1 fully saturated rings. The van der Waals surface area contributed by atoms with Gasteiger partial charge in [-0.3, -0.25) is 0 Å². The van der Waals surface area contributed by atoms with Crippen molar-refractivity contribution in [2.45, 2.75) is 59.3 Å². The molecule has 0 aromatic carbocycles. The molecule has 21 heavy (non-hydrogen) atoms. The molecular formula is C17H30N4. The average molecular weight is 290 g/mol. The predicted octanol–water partition coefficient (Wildman–Crippen LogP) is 3.88. The lowest BCUT2D eigenvalue weighted by atomic mass is 10.3. The van der Waals surface area contributed by atoms with Gasteiger partial charge in [0.25, 0.3) is 0 Å². The number of hydrogen-bond donors (Lipinski definition) is 1. The second kappa shape index (κ2) is 8.20. The quantitative estimate of drug-likeness (QED) is 0.710. The Balaban J connectivity index is 2.17. The fourth-order valence-corrected chi connectivity index (χ4v) is 2.51. The van der Waals surface area contributed by atoms with Crippen LogP contribution in [0.15, 0.2) is 6.07 Å². The molecule has 1 aliphatic rings. The Kier molecular flexibility index (Phi) is 6.27. The Morgan fingerprint density at radius 2 is 1.95 bits per heavy atom. The van der Waals surface area contributed by atoms with Crippen LogP contribution in [-0.2, 0) is 6.42 Å². The number of hydrogen-bond acceptors (Lipinski definition) is 4. The summed E-state index contributed by atoms with van der Waals surface area (Å²) in [5.74, 6) is 3.96. The summed E-state index contributed by atoms with van der Waals surface area (Å²) in [6, 6.07) is 2.13. The van der Waals surface area contributed by atoms with Gasteiger partial charge in [-0.15, -0.1) is 0 Å². The highest BCUT2D eigenvalue weighted by atomic mass is 15.2. The van der Waals surface area contributed by atoms with E-state index in [2.05, 4.69) is 42.0 Å². The molecule has 1 aliphatic carbocycles. The molecule has 0 saturated heterocycles. The second-order valence-corrected chi connectivity index (χ2v) is 6.09. The topological polar surface area (TPSA) is 41.0 Å². The number of nitrogens with one attached hydrogen (secondary N) is 1. The average Bonchev–Trinajstić information content (AvgIpc) is 3.29. The molecule has 4 heteroatoms. The summed E-state index contributed by atoms with van der Waals surface area (Å²) in [4.78, 5) is 11.9. The third-order valence-corrected chi connectivity index (χ3v) is 3.78. The van der Waals surface area contributed by atoms with E-state index in [4.69, 9.17) is 4.98 Å². The summed E-state index contributed by atoms with van der Waals surface area (Å²) in [6.45, 7) is 9.82. The summed E-state index contributed by atoms with van der Waals surface area (Å²) < 4.78 is 0. The van der Waals surface area contributed by atoms with Crippen LogP contribution in [0.2, 0.25) is 0 Å². The van der Waals surface area contributed by atoms with E-state index in [1.54, 1.807) is 0 Å². The van der Waals surface area contributed by atoms with Crippen molar-refractivity contribution in [2.24, 2.45) is 5.92 Å². The van der Waals surface area contributed by atoms with Crippen LogP contribution in [-0.4, -0.2) is 29.6 Å². The van der Waals surface area contributed by atoms with Crippen molar-refractivity contribution in [3.05, 3.63) is 11.9 Å². The first-order valence-electron chi connectivity index (χ1n) is 8.63. The van der Waals surface area contributed by atoms with Crippen molar-refractivity contribution < 1.29 is 0 Å². The van der Waals surface area contributed by atoms with E-state index in [0.717, 1.165) is 68.7 Å². The van der Waals surface area contributed by atoms with E-state index in [0.29, 0.717) is 0 Å². The summed E-state index contributed by atoms with van der Waals surface area (Å²) in [7, 11) is 0. The van der Waals surface area contributed by atoms with Crippen LogP contribution in [0.1, 0.15) is 58.7 Å². The van der Waals surface area contributed by atoms with Crippen LogP contribution in [0, 0.1) is 5.92 Å². The minimum absolute atomic E-state index is 0.883. The minimum atomic E-state index is 0.883. The molecule has 0 atom stereocenters. The summed E-state index contributed by atoms with van der Waals surface area (Å²) in [5, 5.41) is 3.42. The van der Waals surface area contributed by atoms with Gasteiger partial charge in [-0.25, -0.2) is 9.97 Å². The lowest BCUT2D eigenvalue weighted by Gasteiger charge is -2.24. The highest BCUT2D eigenvalue weighted by Gasteiger charge is 2.25. The molecule has 0 amide bonds. The van der Waals surface area contributed by atoms with Crippen molar-refractivity contribution in [2.75, 3.05) is 29.9 Å². The zero-order valence-electron chi connectivity index (χ0n) is 13.9. The molecule has 4 nitrogen and oxygen atoms in total. The SMILES string of the molecule is CCCNc1cc(N(CCC)CC2CC2)nc(CCC)n1. The Morgan fingerprint density at radius 1 is 1.14 bits per heavy atom. The molecule has 1 heterocycles. The minimum Gasteiger partial charge on any atom is -0.370 e. The highest BCUT2D eigenvalue weighted by Crippen LogP contribution is 2.31. The molecule has 1 saturated carbocycles. The maximum atomic E-state index is 4.81. The molecule has 0 spiro atoms. The first-order chi connectivity index (χ1) is 10.3. The van der Waals surface area contributed by atoms with Gasteiger partial charge in [0.1, 0.15) is 17.5 Å². The van der Waals surface area contributed by atoms with E-state index >= 15 is 0 Å². The Morgan fingerprint density at radius 3 is 2.57 bits per heavy atom. The largest absolute Gasteiger partial charge is 0.370 e. The monoisotopic (exact) mass is 290 g/mol. The van der Waals surface area contributed by atoms with E-state index in [1.807, 2.05) is 0 Å². The number of aromatic nitrogens is 2. The number of aryl methyl sites for hydroxylation is 1. The van der Waals surface area contributed by atoms with Gasteiger partial charge >= 0.3 is 0 Å². The van der Waals surface area contributed by atoms with Crippen LogP contribution in [0.3, 0.4) is 0 Å². The molecule has 1 aromatic heterocycles. The molecule has 0 aliphatic heterocycles. The van der Waals surface area contributed by atoms with Crippen molar-refractivity contribution >= 4 is 11.6 Å². The van der Waals surface area contributed by atoms with E-state index in [9.17, 15) is 0 Å². The van der Waals surface area contributed by atoms with E-state index in [-0.39, 0.29) is 0 Å². The van der Waals surface area contributed by atoms with E-state index in [1.165, 1.54) is 12.8 Å². The Hall–Kier alpha value is -1.32. The van der Waals surface area contributed by atoms with Crippen molar-refractivity contribution in [3.63, 3.8) is 0 Å².